The molecule has 0 bridgehead atoms. The molecule has 1 rings (SSSR count). The van der Waals surface area contributed by atoms with Gasteiger partial charge in [-0.2, -0.15) is 0 Å². The van der Waals surface area contributed by atoms with Gasteiger partial charge in [-0.15, -0.1) is 0 Å². The quantitative estimate of drug-likeness (QED) is 0.841. The van der Waals surface area contributed by atoms with Crippen LogP contribution in [0.25, 0.3) is 0 Å². The highest BCUT2D eigenvalue weighted by atomic mass is 79.9. The highest BCUT2D eigenvalue weighted by molar-refractivity contribution is 9.10. The molecule has 1 atom stereocenters. The van der Waals surface area contributed by atoms with Gasteiger partial charge in [0.25, 0.3) is 0 Å². The zero-order valence-electron chi connectivity index (χ0n) is 9.18. The van der Waals surface area contributed by atoms with Crippen LogP contribution in [0.4, 0.5) is 0 Å². The van der Waals surface area contributed by atoms with Crippen LogP contribution in [0.2, 0.25) is 0 Å². The summed E-state index contributed by atoms with van der Waals surface area (Å²) in [6, 6.07) is 4.21. The molecule has 0 radical (unpaired) electrons. The molecule has 0 fully saturated rings. The van der Waals surface area contributed by atoms with Gasteiger partial charge in [-0.1, -0.05) is 15.9 Å². The Hall–Kier alpha value is -0.920. The number of rotatable bonds is 3. The highest BCUT2D eigenvalue weighted by Crippen LogP contribution is 2.26. The summed E-state index contributed by atoms with van der Waals surface area (Å²) in [5, 5.41) is 9.70. The van der Waals surface area contributed by atoms with Crippen molar-refractivity contribution < 1.29 is 23.1 Å². The predicted molar refractivity (Wildman–Crippen MR) is 64.2 cm³/mol. The minimum absolute atomic E-state index is 0.00581. The number of hydrogen-bond donors (Lipinski definition) is 1. The van der Waals surface area contributed by atoms with Gasteiger partial charge in [0, 0.05) is 16.3 Å². The summed E-state index contributed by atoms with van der Waals surface area (Å²) in [5.41, 5.74) is -0.00581. The summed E-state index contributed by atoms with van der Waals surface area (Å²) in [7, 11) is -2.41. The number of aliphatic hydroxyl groups excluding tert-OH is 1. The first-order valence-electron chi connectivity index (χ1n) is 4.52. The Morgan fingerprint density at radius 1 is 1.47 bits per heavy atom. The van der Waals surface area contributed by atoms with E-state index in [4.69, 9.17) is 0 Å². The van der Waals surface area contributed by atoms with Crippen molar-refractivity contribution in [3.05, 3.63) is 28.2 Å². The lowest BCUT2D eigenvalue weighted by Crippen LogP contribution is -2.16. The lowest BCUT2D eigenvalue weighted by atomic mass is 10.1. The van der Waals surface area contributed by atoms with Crippen LogP contribution >= 0.6 is 15.9 Å². The van der Waals surface area contributed by atoms with Crippen LogP contribution in [0.3, 0.4) is 0 Å². The topological polar surface area (TPSA) is 80.7 Å². The van der Waals surface area contributed by atoms with Crippen molar-refractivity contribution in [1.82, 2.24) is 0 Å². The molecule has 94 valence electrons. The van der Waals surface area contributed by atoms with Gasteiger partial charge in [0.15, 0.2) is 15.9 Å². The molecule has 0 heterocycles. The summed E-state index contributed by atoms with van der Waals surface area (Å²) in [6.45, 7) is 0. The standard InChI is InChI=1S/C10H11BrO5S/c1-16-10(13)9(12)7-5-6(11)3-4-8(7)17(2,14)15/h3-5,9,12H,1-2H3. The zero-order chi connectivity index (χ0) is 13.2. The Kier molecular flexibility index (Phi) is 4.29. The summed E-state index contributed by atoms with van der Waals surface area (Å²) >= 11 is 3.14. The Morgan fingerprint density at radius 2 is 2.06 bits per heavy atom. The first-order valence-corrected chi connectivity index (χ1v) is 7.21. The minimum atomic E-state index is -3.53. The molecule has 7 heteroatoms. The van der Waals surface area contributed by atoms with Crippen LogP contribution in [-0.4, -0.2) is 32.9 Å². The van der Waals surface area contributed by atoms with Gasteiger partial charge in [0.1, 0.15) is 0 Å². The fraction of sp³-hybridized carbons (Fsp3) is 0.300. The fourth-order valence-electron chi connectivity index (χ4n) is 1.31. The number of benzene rings is 1. The average molecular weight is 323 g/mol. The van der Waals surface area contributed by atoms with E-state index >= 15 is 0 Å². The number of carbonyl (C=O) groups is 1. The molecule has 0 aliphatic heterocycles. The highest BCUT2D eigenvalue weighted by Gasteiger charge is 2.25. The maximum atomic E-state index is 11.5. The van der Waals surface area contributed by atoms with Crippen LogP contribution < -0.4 is 0 Å². The van der Waals surface area contributed by atoms with Gasteiger partial charge in [0.2, 0.25) is 0 Å². The summed E-state index contributed by atoms with van der Waals surface area (Å²) < 4.78 is 27.9. The van der Waals surface area contributed by atoms with Gasteiger partial charge in [-0.3, -0.25) is 0 Å². The van der Waals surface area contributed by atoms with Crippen molar-refractivity contribution in [3.63, 3.8) is 0 Å². The van der Waals surface area contributed by atoms with E-state index in [9.17, 15) is 18.3 Å². The molecule has 0 aromatic heterocycles. The Balaban J connectivity index is 3.40. The van der Waals surface area contributed by atoms with Crippen molar-refractivity contribution in [1.29, 1.82) is 0 Å². The van der Waals surface area contributed by atoms with Gasteiger partial charge >= 0.3 is 5.97 Å². The smallest absolute Gasteiger partial charge is 0.339 e. The number of halogens is 1. The number of carbonyl (C=O) groups excluding carboxylic acids is 1. The molecule has 0 saturated carbocycles. The molecule has 1 unspecified atom stereocenters. The maximum Gasteiger partial charge on any atom is 0.339 e. The first kappa shape index (κ1) is 14.1. The third-order valence-corrected chi connectivity index (χ3v) is 3.75. The molecule has 5 nitrogen and oxygen atoms in total. The molecule has 17 heavy (non-hydrogen) atoms. The van der Waals surface area contributed by atoms with E-state index in [2.05, 4.69) is 20.7 Å². The van der Waals surface area contributed by atoms with Crippen LogP contribution in [-0.2, 0) is 19.4 Å². The van der Waals surface area contributed by atoms with Gasteiger partial charge in [-0.25, -0.2) is 13.2 Å². The molecule has 0 saturated heterocycles. The minimum Gasteiger partial charge on any atom is -0.467 e. The monoisotopic (exact) mass is 322 g/mol. The van der Waals surface area contributed by atoms with E-state index in [1.807, 2.05) is 0 Å². The van der Waals surface area contributed by atoms with Gasteiger partial charge in [0.05, 0.1) is 12.0 Å². The van der Waals surface area contributed by atoms with Crippen molar-refractivity contribution in [2.45, 2.75) is 11.0 Å². The number of hydrogen-bond acceptors (Lipinski definition) is 5. The third-order valence-electron chi connectivity index (χ3n) is 2.09. The Labute approximate surface area is 107 Å². The Morgan fingerprint density at radius 3 is 2.53 bits per heavy atom. The molecule has 1 aromatic carbocycles. The molecule has 1 aromatic rings. The maximum absolute atomic E-state index is 11.5. The molecule has 0 spiro atoms. The first-order chi connectivity index (χ1) is 7.77. The third kappa shape index (κ3) is 3.27. The van der Waals surface area contributed by atoms with Crippen LogP contribution in [0, 0.1) is 0 Å². The van der Waals surface area contributed by atoms with Crippen LogP contribution in [0.15, 0.2) is 27.6 Å². The van der Waals surface area contributed by atoms with Crippen molar-refractivity contribution in [3.8, 4) is 0 Å². The number of methoxy groups -OCH3 is 1. The van der Waals surface area contributed by atoms with Gasteiger partial charge in [-0.05, 0) is 18.2 Å². The van der Waals surface area contributed by atoms with Gasteiger partial charge < -0.3 is 9.84 Å². The second-order valence-electron chi connectivity index (χ2n) is 3.38. The largest absolute Gasteiger partial charge is 0.467 e. The van der Waals surface area contributed by atoms with Crippen LogP contribution in [0.1, 0.15) is 11.7 Å². The molecule has 0 amide bonds. The summed E-state index contributed by atoms with van der Waals surface area (Å²) in [6.07, 6.45) is -0.619. The van der Waals surface area contributed by atoms with E-state index < -0.39 is 21.9 Å². The van der Waals surface area contributed by atoms with E-state index in [0.29, 0.717) is 4.47 Å². The second kappa shape index (κ2) is 5.16. The lowest BCUT2D eigenvalue weighted by Gasteiger charge is -2.13. The van der Waals surface area contributed by atoms with E-state index in [0.717, 1.165) is 13.4 Å². The molecule has 0 aliphatic rings. The fourth-order valence-corrected chi connectivity index (χ4v) is 2.60. The predicted octanol–water partition coefficient (Wildman–Crippen LogP) is 1.06. The Bertz CT molecular complexity index is 538. The normalized spacial score (nSPS) is 13.2. The van der Waals surface area contributed by atoms with Crippen LogP contribution in [0.5, 0.6) is 0 Å². The zero-order valence-corrected chi connectivity index (χ0v) is 11.6. The number of ether oxygens (including phenoxy) is 1. The molecular formula is C10H11BrO5S. The number of sulfone groups is 1. The summed E-state index contributed by atoms with van der Waals surface area (Å²) in [4.78, 5) is 11.1. The SMILES string of the molecule is COC(=O)C(O)c1cc(Br)ccc1S(C)(=O)=O. The average Bonchev–Trinajstić information content (AvgIpc) is 2.25. The van der Waals surface area contributed by atoms with E-state index in [1.54, 1.807) is 0 Å². The molecule has 0 aliphatic carbocycles. The van der Waals surface area contributed by atoms with Crippen molar-refractivity contribution in [2.24, 2.45) is 0 Å². The molecule has 1 N–H and O–H groups in total. The number of esters is 1. The number of aliphatic hydroxyl groups is 1. The second-order valence-corrected chi connectivity index (χ2v) is 6.28. The van der Waals surface area contributed by atoms with E-state index in [-0.39, 0.29) is 10.5 Å². The van der Waals surface area contributed by atoms with Crippen molar-refractivity contribution in [2.75, 3.05) is 13.4 Å². The summed E-state index contributed by atoms with van der Waals surface area (Å²) in [5.74, 6) is -0.909. The lowest BCUT2D eigenvalue weighted by molar-refractivity contribution is -0.150. The van der Waals surface area contributed by atoms with Crippen molar-refractivity contribution >= 4 is 31.7 Å². The molecular weight excluding hydrogens is 312 g/mol. The van der Waals surface area contributed by atoms with E-state index in [1.165, 1.54) is 18.2 Å².